The molecule has 4 aromatic rings. The maximum absolute atomic E-state index is 14.3. The molecular weight excluding hydrogens is 801 g/mol. The molecule has 282 valence electrons. The van der Waals surface area contributed by atoms with E-state index in [9.17, 15) is 27.2 Å². The minimum atomic E-state index is -3.78. The lowest BCUT2D eigenvalue weighted by Gasteiger charge is -2.34. The summed E-state index contributed by atoms with van der Waals surface area (Å²) in [5, 5.41) is 8.19. The second kappa shape index (κ2) is 15.3. The molecule has 2 unspecified atom stereocenters. The normalized spacial score (nSPS) is 19.7. The van der Waals surface area contributed by atoms with Crippen molar-refractivity contribution < 1.29 is 27.2 Å². The van der Waals surface area contributed by atoms with Crippen molar-refractivity contribution in [2.24, 2.45) is 5.73 Å². The van der Waals surface area contributed by atoms with Gasteiger partial charge in [-0.3, -0.25) is 29.5 Å². The molecule has 0 saturated carbocycles. The third kappa shape index (κ3) is 7.71. The van der Waals surface area contributed by atoms with Gasteiger partial charge in [0.25, 0.3) is 5.91 Å². The van der Waals surface area contributed by atoms with Gasteiger partial charge in [0.15, 0.2) is 0 Å². The number of benzene rings is 3. The summed E-state index contributed by atoms with van der Waals surface area (Å²) in [5.74, 6) is -1.81. The second-order valence-electron chi connectivity index (χ2n) is 13.4. The number of aromatic nitrogens is 2. The molecule has 0 aliphatic carbocycles. The number of nitrogens with one attached hydrogen (secondary N) is 3. The van der Waals surface area contributed by atoms with Crippen LogP contribution in [0.5, 0.6) is 0 Å². The molecule has 2 fully saturated rings. The molecule has 14 nitrogen and oxygen atoms in total. The Bertz CT molecular complexity index is 2270. The molecule has 3 aliphatic heterocycles. The van der Waals surface area contributed by atoms with E-state index in [4.69, 9.17) is 18.4 Å². The Kier molecular flexibility index (Phi) is 10.8. The van der Waals surface area contributed by atoms with Crippen LogP contribution in [0.4, 0.5) is 27.5 Å². The van der Waals surface area contributed by atoms with Crippen LogP contribution in [0.25, 0.3) is 0 Å². The number of nitrogens with zero attached hydrogens (tertiary/aromatic N) is 5. The van der Waals surface area contributed by atoms with E-state index in [2.05, 4.69) is 64.9 Å². The maximum Gasteiger partial charge on any atom is 0.253 e. The fourth-order valence-electron chi connectivity index (χ4n) is 6.98. The monoisotopic (exact) mass is 837 g/mol. The molecule has 0 spiro atoms. The number of nitrogens with two attached hydrogens (primary N) is 1. The molecular formula is C36H37BrFN9O5S2. The molecule has 54 heavy (non-hydrogen) atoms. The predicted molar refractivity (Wildman–Crippen MR) is 206 cm³/mol. The van der Waals surface area contributed by atoms with Crippen LogP contribution >= 0.6 is 28.6 Å². The average molecular weight is 839 g/mol. The van der Waals surface area contributed by atoms with Crippen LogP contribution in [0.2, 0.25) is 0 Å². The summed E-state index contributed by atoms with van der Waals surface area (Å²) in [6.45, 7) is 4.76. The number of rotatable bonds is 10. The number of thiol groups is 1. The molecule has 0 bridgehead atoms. The standard InChI is InChI=1S/C36H37BrFN9O5S2/c1-20-15-23(7-8-27(20)42-36-40-17-25(37)33(44-36)41-28-4-2-3-26(38)31(28)32(39)49)54(51,52)46-13-11-45(12-14-46)18-21-5-6-22-19-47(35(53)24(22)16-21)29-9-10-30(48)43-34(29)50/h2-8,15-17,29,35,53H,9-14,18-19H2,1H3,(H2,39,49)(H,43,48,50)(H2,40,41,42,44). The summed E-state index contributed by atoms with van der Waals surface area (Å²) in [7, 11) is -3.78. The lowest BCUT2D eigenvalue weighted by atomic mass is 10.0. The third-order valence-corrected chi connectivity index (χ3v) is 12.9. The van der Waals surface area contributed by atoms with E-state index < -0.39 is 27.8 Å². The highest BCUT2D eigenvalue weighted by Gasteiger charge is 2.39. The number of fused-ring (bicyclic) bond motifs is 1. The van der Waals surface area contributed by atoms with Crippen molar-refractivity contribution >= 4 is 79.4 Å². The van der Waals surface area contributed by atoms with Crippen LogP contribution < -0.4 is 21.7 Å². The summed E-state index contributed by atoms with van der Waals surface area (Å²) < 4.78 is 43.7. The Balaban J connectivity index is 0.967. The molecule has 18 heteroatoms. The molecule has 7 rings (SSSR count). The van der Waals surface area contributed by atoms with Crippen molar-refractivity contribution in [1.82, 2.24) is 29.4 Å². The van der Waals surface area contributed by atoms with E-state index in [1.807, 2.05) is 4.90 Å². The maximum atomic E-state index is 14.3. The van der Waals surface area contributed by atoms with Crippen LogP contribution in [0.15, 0.2) is 70.2 Å². The van der Waals surface area contributed by atoms with E-state index in [1.54, 1.807) is 19.1 Å². The zero-order valence-electron chi connectivity index (χ0n) is 29.1. The number of amides is 3. The number of carbonyl (C=O) groups is 3. The topological polar surface area (TPSA) is 183 Å². The van der Waals surface area contributed by atoms with Gasteiger partial charge in [-0.2, -0.15) is 21.9 Å². The van der Waals surface area contributed by atoms with Crippen LogP contribution in [0.1, 0.15) is 50.8 Å². The third-order valence-electron chi connectivity index (χ3n) is 9.84. The van der Waals surface area contributed by atoms with E-state index in [1.165, 1.54) is 28.7 Å². The Morgan fingerprint density at radius 1 is 1.07 bits per heavy atom. The Hall–Kier alpha value is -4.46. The summed E-state index contributed by atoms with van der Waals surface area (Å²) in [6.07, 6.45) is 2.26. The first kappa shape index (κ1) is 37.8. The minimum Gasteiger partial charge on any atom is -0.365 e. The SMILES string of the molecule is Cc1cc(S(=O)(=O)N2CCN(Cc3ccc4c(c3)C(S)N(C3CCC(=O)NC3=O)C4)CC2)ccc1Nc1ncc(Br)c(Nc2cccc(F)c2C(N)=O)n1. The zero-order valence-corrected chi connectivity index (χ0v) is 32.3. The number of aryl methyl sites for hydroxylation is 1. The number of carbonyl (C=O) groups excluding carboxylic acids is 3. The number of sulfonamides is 1. The number of hydrogen-bond donors (Lipinski definition) is 5. The smallest absolute Gasteiger partial charge is 0.253 e. The van der Waals surface area contributed by atoms with Gasteiger partial charge in [-0.1, -0.05) is 24.3 Å². The van der Waals surface area contributed by atoms with Crippen molar-refractivity contribution in [3.8, 4) is 0 Å². The van der Waals surface area contributed by atoms with Gasteiger partial charge in [-0.15, -0.1) is 0 Å². The fourth-order valence-corrected chi connectivity index (χ4v) is 9.26. The van der Waals surface area contributed by atoms with Crippen molar-refractivity contribution in [1.29, 1.82) is 0 Å². The molecule has 2 atom stereocenters. The largest absolute Gasteiger partial charge is 0.365 e. The highest BCUT2D eigenvalue weighted by molar-refractivity contribution is 9.10. The van der Waals surface area contributed by atoms with Gasteiger partial charge in [-0.05, 0) is 81.9 Å². The first-order valence-electron chi connectivity index (χ1n) is 17.2. The predicted octanol–water partition coefficient (Wildman–Crippen LogP) is 4.33. The number of piperazine rings is 1. The Morgan fingerprint density at radius 3 is 2.57 bits per heavy atom. The number of hydrogen-bond acceptors (Lipinski definition) is 12. The van der Waals surface area contributed by atoms with Crippen LogP contribution in [-0.2, 0) is 32.7 Å². The van der Waals surface area contributed by atoms with E-state index in [-0.39, 0.29) is 45.1 Å². The average Bonchev–Trinajstić information content (AvgIpc) is 3.45. The van der Waals surface area contributed by atoms with E-state index in [0.29, 0.717) is 67.8 Å². The van der Waals surface area contributed by atoms with Crippen molar-refractivity contribution in [2.75, 3.05) is 36.8 Å². The summed E-state index contributed by atoms with van der Waals surface area (Å²) in [6, 6.07) is 14.7. The lowest BCUT2D eigenvalue weighted by molar-refractivity contribution is -0.137. The van der Waals surface area contributed by atoms with Gasteiger partial charge < -0.3 is 16.4 Å². The van der Waals surface area contributed by atoms with Gasteiger partial charge in [-0.25, -0.2) is 17.8 Å². The van der Waals surface area contributed by atoms with Crippen LogP contribution in [-0.4, -0.2) is 82.4 Å². The van der Waals surface area contributed by atoms with Gasteiger partial charge in [0.05, 0.1) is 32.0 Å². The molecule has 3 amide bonds. The van der Waals surface area contributed by atoms with Gasteiger partial charge >= 0.3 is 0 Å². The summed E-state index contributed by atoms with van der Waals surface area (Å²) in [4.78, 5) is 49.2. The molecule has 3 aromatic carbocycles. The zero-order chi connectivity index (χ0) is 38.3. The van der Waals surface area contributed by atoms with Crippen LogP contribution in [0, 0.1) is 12.7 Å². The molecule has 5 N–H and O–H groups in total. The number of primary amides is 1. The molecule has 3 aliphatic rings. The Labute approximate surface area is 325 Å². The first-order chi connectivity index (χ1) is 25.8. The molecule has 0 radical (unpaired) electrons. The van der Waals surface area contributed by atoms with Crippen molar-refractivity contribution in [2.45, 2.75) is 49.2 Å². The quantitative estimate of drug-likeness (QED) is 0.113. The fraction of sp³-hybridized carbons (Fsp3) is 0.306. The lowest BCUT2D eigenvalue weighted by Crippen LogP contribution is -2.51. The van der Waals surface area contributed by atoms with E-state index >= 15 is 0 Å². The molecule has 1 aromatic heterocycles. The number of piperidine rings is 1. The summed E-state index contributed by atoms with van der Waals surface area (Å²) >= 11 is 8.21. The number of anilines is 4. The van der Waals surface area contributed by atoms with Gasteiger partial charge in [0.2, 0.25) is 27.8 Å². The van der Waals surface area contributed by atoms with Gasteiger partial charge in [0.1, 0.15) is 11.6 Å². The van der Waals surface area contributed by atoms with Crippen molar-refractivity contribution in [3.63, 3.8) is 0 Å². The number of halogens is 2. The van der Waals surface area contributed by atoms with Crippen LogP contribution in [0.3, 0.4) is 0 Å². The number of imide groups is 1. The minimum absolute atomic E-state index is 0.134. The second-order valence-corrected chi connectivity index (χ2v) is 16.7. The highest BCUT2D eigenvalue weighted by atomic mass is 79.9. The molecule has 2 saturated heterocycles. The van der Waals surface area contributed by atoms with Crippen molar-refractivity contribution in [3.05, 3.63) is 98.9 Å². The summed E-state index contributed by atoms with van der Waals surface area (Å²) in [5.41, 5.74) is 9.66. The Morgan fingerprint density at radius 2 is 1.85 bits per heavy atom. The van der Waals surface area contributed by atoms with Gasteiger partial charge in [0, 0.05) is 57.6 Å². The van der Waals surface area contributed by atoms with E-state index in [0.717, 1.165) is 22.8 Å². The first-order valence-corrected chi connectivity index (χ1v) is 19.9. The molecule has 4 heterocycles. The highest BCUT2D eigenvalue weighted by Crippen LogP contribution is 2.40.